The molecule has 3 aromatic rings. The lowest BCUT2D eigenvalue weighted by Crippen LogP contribution is -2.38. The standard InChI is InChI=1S/C28H33FN4O6/c1-17-20(28(37)33-12-3-4-22(27(33)30-17)38-25(36)6-2-5-24(34)35)11-15-32-13-9-18(10-14-32)26-21-8-7-19(29)16-23(21)39-31-26/h7-8,16,18,22H,2-6,9-15H2,1H3,(H,34,35). The maximum absolute atomic E-state index is 13.5. The molecule has 0 spiro atoms. The molecule has 1 saturated heterocycles. The fourth-order valence-electron chi connectivity index (χ4n) is 5.67. The van der Waals surface area contributed by atoms with Crippen molar-refractivity contribution in [2.75, 3.05) is 19.6 Å². The van der Waals surface area contributed by atoms with Crippen molar-refractivity contribution in [2.45, 2.75) is 76.9 Å². The maximum Gasteiger partial charge on any atom is 0.306 e. The minimum Gasteiger partial charge on any atom is -0.481 e. The first-order chi connectivity index (χ1) is 18.8. The number of nitrogens with zero attached hydrogens (tertiary/aromatic N) is 4. The van der Waals surface area contributed by atoms with E-state index in [0.29, 0.717) is 48.5 Å². The molecule has 1 atom stereocenters. The first kappa shape index (κ1) is 27.0. The second-order valence-electron chi connectivity index (χ2n) is 10.4. The van der Waals surface area contributed by atoms with Crippen molar-refractivity contribution < 1.29 is 28.3 Å². The number of piperidine rings is 1. The number of fused-ring (bicyclic) bond motifs is 2. The smallest absolute Gasteiger partial charge is 0.306 e. The van der Waals surface area contributed by atoms with Gasteiger partial charge < -0.3 is 19.3 Å². The Hall–Kier alpha value is -3.60. The molecule has 0 aliphatic carbocycles. The predicted octanol–water partition coefficient (Wildman–Crippen LogP) is 3.89. The topological polar surface area (TPSA) is 128 Å². The normalized spacial score (nSPS) is 18.3. The summed E-state index contributed by atoms with van der Waals surface area (Å²) in [7, 11) is 0. The van der Waals surface area contributed by atoms with Gasteiger partial charge in [-0.2, -0.15) is 0 Å². The van der Waals surface area contributed by atoms with Gasteiger partial charge in [0, 0.05) is 54.6 Å². The van der Waals surface area contributed by atoms with Crippen molar-refractivity contribution in [3.8, 4) is 0 Å². The maximum atomic E-state index is 13.5. The summed E-state index contributed by atoms with van der Waals surface area (Å²) in [6, 6.07) is 4.52. The molecule has 1 aromatic carbocycles. The lowest BCUT2D eigenvalue weighted by atomic mass is 9.91. The van der Waals surface area contributed by atoms with Gasteiger partial charge in [0.1, 0.15) is 5.82 Å². The molecular weight excluding hydrogens is 507 g/mol. The van der Waals surface area contributed by atoms with E-state index < -0.39 is 18.0 Å². The van der Waals surface area contributed by atoms with Gasteiger partial charge in [-0.05, 0) is 70.7 Å². The number of benzene rings is 1. The van der Waals surface area contributed by atoms with Gasteiger partial charge in [-0.3, -0.25) is 19.0 Å². The molecule has 2 aliphatic heterocycles. The summed E-state index contributed by atoms with van der Waals surface area (Å²) < 4.78 is 26.0. The highest BCUT2D eigenvalue weighted by atomic mass is 19.1. The first-order valence-electron chi connectivity index (χ1n) is 13.6. The van der Waals surface area contributed by atoms with E-state index in [0.717, 1.165) is 43.6 Å². The summed E-state index contributed by atoms with van der Waals surface area (Å²) in [6.07, 6.45) is 3.21. The Morgan fingerprint density at radius 1 is 1.18 bits per heavy atom. The van der Waals surface area contributed by atoms with E-state index in [1.54, 1.807) is 10.6 Å². The van der Waals surface area contributed by atoms with Crippen molar-refractivity contribution in [1.29, 1.82) is 0 Å². The summed E-state index contributed by atoms with van der Waals surface area (Å²) in [5, 5.41) is 13.9. The molecule has 0 radical (unpaired) electrons. The molecule has 11 heteroatoms. The van der Waals surface area contributed by atoms with Crippen LogP contribution < -0.4 is 5.56 Å². The Kier molecular flexibility index (Phi) is 8.06. The molecule has 2 aromatic heterocycles. The third-order valence-electron chi connectivity index (χ3n) is 7.79. The highest BCUT2D eigenvalue weighted by Gasteiger charge is 2.29. The molecule has 39 heavy (non-hydrogen) atoms. The number of esters is 1. The molecule has 2 aliphatic rings. The Morgan fingerprint density at radius 2 is 1.97 bits per heavy atom. The fraction of sp³-hybridized carbons (Fsp3) is 0.536. The summed E-state index contributed by atoms with van der Waals surface area (Å²) in [4.78, 5) is 43.3. The number of carbonyl (C=O) groups excluding carboxylic acids is 1. The summed E-state index contributed by atoms with van der Waals surface area (Å²) in [5.41, 5.74) is 2.60. The van der Waals surface area contributed by atoms with Crippen molar-refractivity contribution in [1.82, 2.24) is 19.6 Å². The molecule has 1 unspecified atom stereocenters. The molecule has 208 valence electrons. The van der Waals surface area contributed by atoms with E-state index in [4.69, 9.17) is 14.4 Å². The van der Waals surface area contributed by atoms with Gasteiger partial charge in [-0.1, -0.05) is 5.16 Å². The van der Waals surface area contributed by atoms with Crippen LogP contribution in [0.2, 0.25) is 0 Å². The number of carboxylic acid groups (broad SMARTS) is 1. The number of aryl methyl sites for hydroxylation is 1. The number of hydrogen-bond acceptors (Lipinski definition) is 8. The van der Waals surface area contributed by atoms with Crippen LogP contribution in [0.4, 0.5) is 4.39 Å². The van der Waals surface area contributed by atoms with Gasteiger partial charge in [0.2, 0.25) is 0 Å². The summed E-state index contributed by atoms with van der Waals surface area (Å²) in [5.74, 6) is -1.05. The molecule has 5 rings (SSSR count). The van der Waals surface area contributed by atoms with Crippen LogP contribution in [-0.4, -0.2) is 56.3 Å². The fourth-order valence-corrected chi connectivity index (χ4v) is 5.67. The third kappa shape index (κ3) is 6.03. The van der Waals surface area contributed by atoms with Crippen molar-refractivity contribution in [2.24, 2.45) is 0 Å². The van der Waals surface area contributed by atoms with Gasteiger partial charge in [-0.25, -0.2) is 9.37 Å². The van der Waals surface area contributed by atoms with E-state index in [-0.39, 0.29) is 36.6 Å². The Balaban J connectivity index is 1.19. The van der Waals surface area contributed by atoms with E-state index >= 15 is 0 Å². The highest BCUT2D eigenvalue weighted by molar-refractivity contribution is 5.80. The quantitative estimate of drug-likeness (QED) is 0.402. The number of likely N-dealkylation sites (tertiary alicyclic amines) is 1. The highest BCUT2D eigenvalue weighted by Crippen LogP contribution is 2.33. The number of aromatic nitrogens is 3. The van der Waals surface area contributed by atoms with Crippen molar-refractivity contribution in [3.05, 3.63) is 57.1 Å². The molecule has 1 fully saturated rings. The molecule has 0 saturated carbocycles. The van der Waals surface area contributed by atoms with Gasteiger partial charge in [0.05, 0.1) is 5.69 Å². The van der Waals surface area contributed by atoms with Gasteiger partial charge in [0.25, 0.3) is 5.56 Å². The lowest BCUT2D eigenvalue weighted by Gasteiger charge is -2.31. The van der Waals surface area contributed by atoms with Crippen LogP contribution in [-0.2, 0) is 27.3 Å². The van der Waals surface area contributed by atoms with Crippen molar-refractivity contribution in [3.63, 3.8) is 0 Å². The summed E-state index contributed by atoms with van der Waals surface area (Å²) in [6.45, 7) is 4.81. The van der Waals surface area contributed by atoms with Crippen molar-refractivity contribution >= 4 is 22.9 Å². The van der Waals surface area contributed by atoms with Crippen LogP contribution in [0.1, 0.15) is 79.7 Å². The largest absolute Gasteiger partial charge is 0.481 e. The minimum atomic E-state index is -0.951. The molecule has 0 amide bonds. The third-order valence-corrected chi connectivity index (χ3v) is 7.79. The number of ether oxygens (including phenoxy) is 1. The van der Waals surface area contributed by atoms with Crippen LogP contribution in [0.3, 0.4) is 0 Å². The number of rotatable bonds is 9. The zero-order valence-electron chi connectivity index (χ0n) is 22.0. The molecule has 1 N–H and O–H groups in total. The number of hydrogen-bond donors (Lipinski definition) is 1. The average molecular weight is 541 g/mol. The minimum absolute atomic E-state index is 0.0201. The number of halogens is 1. The molecule has 10 nitrogen and oxygen atoms in total. The van der Waals surface area contributed by atoms with E-state index in [1.165, 1.54) is 12.1 Å². The SMILES string of the molecule is Cc1nc2n(c(=O)c1CCN1CCC(c3noc4cc(F)ccc34)CC1)CCCC2OC(=O)CCCC(=O)O. The summed E-state index contributed by atoms with van der Waals surface area (Å²) >= 11 is 0. The second kappa shape index (κ2) is 11.6. The lowest BCUT2D eigenvalue weighted by molar-refractivity contribution is -0.151. The van der Waals surface area contributed by atoms with E-state index in [1.807, 2.05) is 6.92 Å². The number of aliphatic carboxylic acids is 1. The van der Waals surface area contributed by atoms with E-state index in [2.05, 4.69) is 15.0 Å². The second-order valence-corrected chi connectivity index (χ2v) is 10.4. The monoisotopic (exact) mass is 540 g/mol. The molecule has 4 heterocycles. The van der Waals surface area contributed by atoms with Gasteiger partial charge in [0.15, 0.2) is 17.5 Å². The van der Waals surface area contributed by atoms with Crippen LogP contribution >= 0.6 is 0 Å². The Labute approximate surface area is 224 Å². The Morgan fingerprint density at radius 3 is 2.74 bits per heavy atom. The van der Waals surface area contributed by atoms with Gasteiger partial charge in [-0.15, -0.1) is 0 Å². The van der Waals surface area contributed by atoms with Crippen LogP contribution in [0.25, 0.3) is 11.0 Å². The number of carboxylic acids is 1. The Bertz CT molecular complexity index is 1430. The molecule has 0 bridgehead atoms. The van der Waals surface area contributed by atoms with E-state index in [9.17, 15) is 18.8 Å². The molecular formula is C28H33FN4O6. The van der Waals surface area contributed by atoms with Crippen LogP contribution in [0, 0.1) is 12.7 Å². The predicted molar refractivity (Wildman–Crippen MR) is 139 cm³/mol. The zero-order chi connectivity index (χ0) is 27.5. The van der Waals surface area contributed by atoms with Crippen LogP contribution in [0.15, 0.2) is 27.5 Å². The first-order valence-corrected chi connectivity index (χ1v) is 13.6. The average Bonchev–Trinajstić information content (AvgIpc) is 3.32. The van der Waals surface area contributed by atoms with Gasteiger partial charge >= 0.3 is 11.9 Å². The zero-order valence-corrected chi connectivity index (χ0v) is 22.0. The number of carbonyl (C=O) groups is 2. The van der Waals surface area contributed by atoms with Crippen LogP contribution in [0.5, 0.6) is 0 Å².